The largest absolute Gasteiger partial charge is 0.497 e. The Labute approximate surface area is 113 Å². The third-order valence-corrected chi connectivity index (χ3v) is 3.75. The number of rotatable bonds is 3. The molecule has 0 radical (unpaired) electrons. The van der Waals surface area contributed by atoms with Crippen molar-refractivity contribution in [1.29, 1.82) is 0 Å². The number of hydrogen-bond acceptors (Lipinski definition) is 6. The predicted molar refractivity (Wildman–Crippen MR) is 73.3 cm³/mol. The normalized spacial score (nSPS) is 10.8. The van der Waals surface area contributed by atoms with Crippen molar-refractivity contribution < 1.29 is 9.37 Å². The fourth-order valence-electron chi connectivity index (χ4n) is 1.72. The molecule has 6 heteroatoms. The number of nitrogens with two attached hydrogens (primary N) is 1. The Morgan fingerprint density at radius 1 is 1.05 bits per heavy atom. The first kappa shape index (κ1) is 11.9. The zero-order chi connectivity index (χ0) is 13.2. The van der Waals surface area contributed by atoms with Gasteiger partial charge in [-0.3, -0.25) is 0 Å². The lowest BCUT2D eigenvalue weighted by Gasteiger charge is -2.04. The van der Waals surface area contributed by atoms with Crippen LogP contribution < -0.4 is 10.5 Å². The fourth-order valence-corrected chi connectivity index (χ4v) is 2.61. The van der Waals surface area contributed by atoms with E-state index in [2.05, 4.69) is 10.3 Å². The molecule has 0 fully saturated rings. The van der Waals surface area contributed by atoms with Crippen molar-refractivity contribution >= 4 is 28.5 Å². The predicted octanol–water partition coefficient (Wildman–Crippen LogP) is 2.96. The average molecular weight is 273 g/mol. The number of anilines is 1. The highest BCUT2D eigenvalue weighted by atomic mass is 32.2. The zero-order valence-corrected chi connectivity index (χ0v) is 11.0. The molecule has 0 unspecified atom stereocenters. The molecule has 0 aliphatic heterocycles. The molecule has 1 heterocycles. The summed E-state index contributed by atoms with van der Waals surface area (Å²) in [5, 5.41) is 7.70. The van der Waals surface area contributed by atoms with E-state index in [1.165, 1.54) is 0 Å². The summed E-state index contributed by atoms with van der Waals surface area (Å²) in [5.41, 5.74) is 7.65. The minimum Gasteiger partial charge on any atom is -0.497 e. The van der Waals surface area contributed by atoms with E-state index in [1.807, 2.05) is 30.3 Å². The molecule has 3 rings (SSSR count). The van der Waals surface area contributed by atoms with Gasteiger partial charge in [-0.15, -0.1) is 0 Å². The van der Waals surface area contributed by atoms with Gasteiger partial charge >= 0.3 is 0 Å². The summed E-state index contributed by atoms with van der Waals surface area (Å²) in [5.74, 6) is 0.829. The quantitative estimate of drug-likeness (QED) is 0.739. The first-order valence-corrected chi connectivity index (χ1v) is 6.42. The molecule has 96 valence electrons. The van der Waals surface area contributed by atoms with Crippen molar-refractivity contribution in [3.8, 4) is 5.75 Å². The lowest BCUT2D eigenvalue weighted by Crippen LogP contribution is -1.87. The minimum atomic E-state index is 0.565. The summed E-state index contributed by atoms with van der Waals surface area (Å²) in [7, 11) is 1.65. The molecule has 0 atom stereocenters. The van der Waals surface area contributed by atoms with Gasteiger partial charge in [-0.25, -0.2) is 4.63 Å². The summed E-state index contributed by atoms with van der Waals surface area (Å²) in [4.78, 5) is 2.03. The van der Waals surface area contributed by atoms with Gasteiger partial charge in [-0.05, 0) is 46.7 Å². The minimum absolute atomic E-state index is 0.565. The van der Waals surface area contributed by atoms with Crippen LogP contribution in [-0.4, -0.2) is 17.4 Å². The molecule has 19 heavy (non-hydrogen) atoms. The van der Waals surface area contributed by atoms with Crippen molar-refractivity contribution in [2.75, 3.05) is 12.8 Å². The lowest BCUT2D eigenvalue weighted by atomic mass is 10.3. The molecular weight excluding hydrogens is 262 g/mol. The van der Waals surface area contributed by atoms with Crippen LogP contribution in [0.3, 0.4) is 0 Å². The standard InChI is InChI=1S/C13H11N3O2S/c1-17-8-2-4-9(5-3-8)19-11-7-6-10(14)12-13(11)16-18-15-12/h2-7H,14H2,1H3. The Morgan fingerprint density at radius 2 is 1.79 bits per heavy atom. The SMILES string of the molecule is COc1ccc(Sc2ccc(N)c3nonc23)cc1. The molecule has 1 aromatic heterocycles. The second kappa shape index (κ2) is 4.81. The number of fused-ring (bicyclic) bond motifs is 1. The number of methoxy groups -OCH3 is 1. The molecule has 0 aliphatic rings. The molecule has 2 N–H and O–H groups in total. The van der Waals surface area contributed by atoms with Crippen LogP contribution in [0, 0.1) is 0 Å². The Morgan fingerprint density at radius 3 is 2.53 bits per heavy atom. The van der Waals surface area contributed by atoms with Gasteiger partial charge in [0.2, 0.25) is 0 Å². The number of hydrogen-bond donors (Lipinski definition) is 1. The second-order valence-corrected chi connectivity index (χ2v) is 5.01. The molecule has 0 bridgehead atoms. The van der Waals surface area contributed by atoms with Gasteiger partial charge in [0, 0.05) is 9.79 Å². The van der Waals surface area contributed by atoms with Crippen molar-refractivity contribution in [2.45, 2.75) is 9.79 Å². The first-order valence-electron chi connectivity index (χ1n) is 5.60. The highest BCUT2D eigenvalue weighted by Gasteiger charge is 2.11. The van der Waals surface area contributed by atoms with Crippen molar-refractivity contribution in [3.63, 3.8) is 0 Å². The van der Waals surface area contributed by atoms with Gasteiger partial charge in [-0.2, -0.15) is 0 Å². The number of nitrogens with zero attached hydrogens (tertiary/aromatic N) is 2. The van der Waals surface area contributed by atoms with Crippen molar-refractivity contribution in [1.82, 2.24) is 10.3 Å². The highest BCUT2D eigenvalue weighted by Crippen LogP contribution is 2.34. The van der Waals surface area contributed by atoms with Gasteiger partial charge in [0.1, 0.15) is 5.75 Å². The van der Waals surface area contributed by atoms with Crippen LogP contribution in [0.15, 0.2) is 50.8 Å². The second-order valence-electron chi connectivity index (χ2n) is 3.89. The average Bonchev–Trinajstić information content (AvgIpc) is 2.93. The van der Waals surface area contributed by atoms with Crippen LogP contribution in [0.25, 0.3) is 11.0 Å². The monoisotopic (exact) mass is 273 g/mol. The van der Waals surface area contributed by atoms with E-state index in [0.717, 1.165) is 15.5 Å². The van der Waals surface area contributed by atoms with Gasteiger partial charge in [0.15, 0.2) is 11.0 Å². The third kappa shape index (κ3) is 2.22. The van der Waals surface area contributed by atoms with Crippen LogP contribution in [0.4, 0.5) is 5.69 Å². The first-order chi connectivity index (χ1) is 9.28. The van der Waals surface area contributed by atoms with Crippen LogP contribution >= 0.6 is 11.8 Å². The Balaban J connectivity index is 1.96. The van der Waals surface area contributed by atoms with Crippen LogP contribution in [0.2, 0.25) is 0 Å². The number of benzene rings is 2. The molecule has 0 saturated carbocycles. The topological polar surface area (TPSA) is 74.2 Å². The third-order valence-electron chi connectivity index (χ3n) is 2.70. The van der Waals surface area contributed by atoms with E-state index >= 15 is 0 Å². The van der Waals surface area contributed by atoms with Crippen molar-refractivity contribution in [3.05, 3.63) is 36.4 Å². The van der Waals surface area contributed by atoms with E-state index < -0.39 is 0 Å². The fraction of sp³-hybridized carbons (Fsp3) is 0.0769. The number of nitrogen functional groups attached to an aromatic ring is 1. The Hall–Kier alpha value is -2.21. The maximum Gasteiger partial charge on any atom is 0.159 e. The molecular formula is C13H11N3O2S. The van der Waals surface area contributed by atoms with Crippen molar-refractivity contribution in [2.24, 2.45) is 0 Å². The maximum atomic E-state index is 5.81. The lowest BCUT2D eigenvalue weighted by molar-refractivity contribution is 0.315. The van der Waals surface area contributed by atoms with Crippen LogP contribution in [0.5, 0.6) is 5.75 Å². The molecule has 0 amide bonds. The van der Waals surface area contributed by atoms with Gasteiger partial charge in [0.05, 0.1) is 12.8 Å². The summed E-state index contributed by atoms with van der Waals surface area (Å²) in [6.07, 6.45) is 0. The van der Waals surface area contributed by atoms with Crippen LogP contribution in [-0.2, 0) is 0 Å². The molecule has 0 spiro atoms. The number of ether oxygens (including phenoxy) is 1. The smallest absolute Gasteiger partial charge is 0.159 e. The van der Waals surface area contributed by atoms with E-state index in [-0.39, 0.29) is 0 Å². The molecule has 0 aliphatic carbocycles. The van der Waals surface area contributed by atoms with E-state index in [0.29, 0.717) is 16.7 Å². The molecule has 3 aromatic rings. The summed E-state index contributed by atoms with van der Waals surface area (Å²) < 4.78 is 9.88. The van der Waals surface area contributed by atoms with Crippen LogP contribution in [0.1, 0.15) is 0 Å². The molecule has 5 nitrogen and oxygen atoms in total. The Kier molecular flexibility index (Phi) is 3.00. The summed E-state index contributed by atoms with van der Waals surface area (Å²) in [6, 6.07) is 11.5. The highest BCUT2D eigenvalue weighted by molar-refractivity contribution is 7.99. The zero-order valence-electron chi connectivity index (χ0n) is 10.2. The summed E-state index contributed by atoms with van der Waals surface area (Å²) >= 11 is 1.58. The van der Waals surface area contributed by atoms with E-state index in [4.69, 9.17) is 15.1 Å². The molecule has 0 saturated heterocycles. The van der Waals surface area contributed by atoms with Gasteiger partial charge < -0.3 is 10.5 Å². The number of aromatic nitrogens is 2. The summed E-state index contributed by atoms with van der Waals surface area (Å²) in [6.45, 7) is 0. The van der Waals surface area contributed by atoms with Gasteiger partial charge in [0.25, 0.3) is 0 Å². The van der Waals surface area contributed by atoms with Gasteiger partial charge in [-0.1, -0.05) is 11.8 Å². The van der Waals surface area contributed by atoms with E-state index in [9.17, 15) is 0 Å². The Bertz CT molecular complexity index is 709. The molecule has 2 aromatic carbocycles. The maximum absolute atomic E-state index is 5.81. The van der Waals surface area contributed by atoms with E-state index in [1.54, 1.807) is 24.9 Å².